The third-order valence-corrected chi connectivity index (χ3v) is 4.26. The number of hydrogen-bond acceptors (Lipinski definition) is 4. The molecule has 0 aliphatic carbocycles. The minimum Gasteiger partial charge on any atom is -0.486 e. The van der Waals surface area contributed by atoms with Crippen LogP contribution >= 0.6 is 0 Å². The molecule has 0 amide bonds. The summed E-state index contributed by atoms with van der Waals surface area (Å²) in [5.41, 5.74) is 1.83. The van der Waals surface area contributed by atoms with E-state index in [1.165, 1.54) is 12.8 Å². The number of benzene rings is 1. The summed E-state index contributed by atoms with van der Waals surface area (Å²) in [6.45, 7) is 6.27. The zero-order valence-electron chi connectivity index (χ0n) is 12.7. The van der Waals surface area contributed by atoms with Crippen LogP contribution in [0.5, 0.6) is 11.5 Å². The zero-order valence-corrected chi connectivity index (χ0v) is 12.7. The van der Waals surface area contributed by atoms with Gasteiger partial charge in [-0.3, -0.25) is 4.79 Å². The van der Waals surface area contributed by atoms with Crippen molar-refractivity contribution >= 4 is 5.78 Å². The Bertz CT molecular complexity index is 521. The van der Waals surface area contributed by atoms with E-state index in [4.69, 9.17) is 9.47 Å². The Hall–Kier alpha value is -1.55. The van der Waals surface area contributed by atoms with Gasteiger partial charge in [-0.2, -0.15) is 0 Å². The zero-order chi connectivity index (χ0) is 14.7. The van der Waals surface area contributed by atoms with Gasteiger partial charge in [0.1, 0.15) is 13.2 Å². The van der Waals surface area contributed by atoms with Crippen molar-refractivity contribution in [1.82, 2.24) is 4.90 Å². The normalized spacial score (nSPS) is 18.0. The van der Waals surface area contributed by atoms with Crippen molar-refractivity contribution in [1.29, 1.82) is 0 Å². The van der Waals surface area contributed by atoms with E-state index in [0.29, 0.717) is 30.9 Å². The van der Waals surface area contributed by atoms with Gasteiger partial charge in [-0.25, -0.2) is 0 Å². The van der Waals surface area contributed by atoms with Gasteiger partial charge in [-0.1, -0.05) is 6.92 Å². The maximum Gasteiger partial charge on any atom is 0.172 e. The lowest BCUT2D eigenvalue weighted by Crippen LogP contribution is -2.23. The van der Waals surface area contributed by atoms with E-state index >= 15 is 0 Å². The summed E-state index contributed by atoms with van der Waals surface area (Å²) >= 11 is 0. The number of aryl methyl sites for hydroxylation is 1. The van der Waals surface area contributed by atoms with Crippen molar-refractivity contribution in [2.45, 2.75) is 32.6 Å². The van der Waals surface area contributed by atoms with Crippen LogP contribution < -0.4 is 9.47 Å². The third kappa shape index (κ3) is 3.21. The van der Waals surface area contributed by atoms with Crippen LogP contribution in [0.25, 0.3) is 0 Å². The molecule has 2 aliphatic rings. The van der Waals surface area contributed by atoms with Crippen LogP contribution in [0, 0.1) is 0 Å². The van der Waals surface area contributed by atoms with Crippen LogP contribution in [0.3, 0.4) is 0 Å². The van der Waals surface area contributed by atoms with Gasteiger partial charge in [0, 0.05) is 13.0 Å². The monoisotopic (exact) mass is 289 g/mol. The molecular formula is C17H23NO3. The Morgan fingerprint density at radius 1 is 1.19 bits per heavy atom. The summed E-state index contributed by atoms with van der Waals surface area (Å²) in [5, 5.41) is 0. The predicted octanol–water partition coefficient (Wildman–Crippen LogP) is 2.69. The molecule has 0 bridgehead atoms. The molecule has 0 atom stereocenters. The van der Waals surface area contributed by atoms with Crippen molar-refractivity contribution in [3.05, 3.63) is 23.3 Å². The lowest BCUT2D eigenvalue weighted by atomic mass is 10.0. The first-order valence-electron chi connectivity index (χ1n) is 7.96. The van der Waals surface area contributed by atoms with Crippen LogP contribution in [0.4, 0.5) is 0 Å². The molecule has 1 saturated heterocycles. The topological polar surface area (TPSA) is 38.8 Å². The Morgan fingerprint density at radius 3 is 2.71 bits per heavy atom. The second kappa shape index (κ2) is 6.48. The lowest BCUT2D eigenvalue weighted by molar-refractivity contribution is 0.0957. The molecule has 1 fully saturated rings. The number of likely N-dealkylation sites (tertiary alicyclic amines) is 1. The Kier molecular flexibility index (Phi) is 4.44. The fourth-order valence-corrected chi connectivity index (χ4v) is 3.02. The van der Waals surface area contributed by atoms with E-state index in [0.717, 1.165) is 37.4 Å². The largest absolute Gasteiger partial charge is 0.486 e. The van der Waals surface area contributed by atoms with Crippen LogP contribution in [0.2, 0.25) is 0 Å². The number of rotatable bonds is 5. The number of Topliss-reactive ketones (excluding diaryl/α,β-unsaturated/α-hetero) is 1. The van der Waals surface area contributed by atoms with E-state index in [1.54, 1.807) is 0 Å². The molecule has 2 aliphatic heterocycles. The lowest BCUT2D eigenvalue weighted by Gasteiger charge is -2.22. The second-order valence-corrected chi connectivity index (χ2v) is 5.74. The highest BCUT2D eigenvalue weighted by Gasteiger charge is 2.22. The number of ketones is 1. The first-order valence-corrected chi connectivity index (χ1v) is 7.96. The highest BCUT2D eigenvalue weighted by atomic mass is 16.6. The van der Waals surface area contributed by atoms with Crippen LogP contribution in [0.15, 0.2) is 12.1 Å². The number of hydrogen-bond donors (Lipinski definition) is 0. The van der Waals surface area contributed by atoms with Gasteiger partial charge in [0.25, 0.3) is 0 Å². The number of nitrogens with zero attached hydrogens (tertiary/aromatic N) is 1. The molecule has 21 heavy (non-hydrogen) atoms. The van der Waals surface area contributed by atoms with E-state index < -0.39 is 0 Å². The number of carbonyl (C=O) groups is 1. The van der Waals surface area contributed by atoms with E-state index in [9.17, 15) is 4.79 Å². The SMILES string of the molecule is CCc1cc2c(c(C(=O)CCN3CCCC3)c1)OCCO2. The van der Waals surface area contributed by atoms with E-state index in [-0.39, 0.29) is 5.78 Å². The minimum absolute atomic E-state index is 0.166. The van der Waals surface area contributed by atoms with Gasteiger partial charge in [-0.05, 0) is 50.0 Å². The van der Waals surface area contributed by atoms with Crippen LogP contribution in [-0.4, -0.2) is 43.5 Å². The second-order valence-electron chi connectivity index (χ2n) is 5.74. The molecule has 0 aromatic heterocycles. The molecule has 0 radical (unpaired) electrons. The van der Waals surface area contributed by atoms with Crippen molar-refractivity contribution < 1.29 is 14.3 Å². The Labute approximate surface area is 126 Å². The molecule has 1 aromatic rings. The average molecular weight is 289 g/mol. The molecule has 0 N–H and O–H groups in total. The summed E-state index contributed by atoms with van der Waals surface area (Å²) in [5.74, 6) is 1.54. The smallest absolute Gasteiger partial charge is 0.172 e. The molecule has 0 saturated carbocycles. The summed E-state index contributed by atoms with van der Waals surface area (Å²) in [6, 6.07) is 3.96. The summed E-state index contributed by atoms with van der Waals surface area (Å²) in [4.78, 5) is 14.9. The fraction of sp³-hybridized carbons (Fsp3) is 0.588. The molecule has 4 nitrogen and oxygen atoms in total. The van der Waals surface area contributed by atoms with Crippen molar-refractivity contribution in [3.8, 4) is 11.5 Å². The Balaban J connectivity index is 1.77. The first-order chi connectivity index (χ1) is 10.3. The molecule has 114 valence electrons. The maximum atomic E-state index is 12.6. The quantitative estimate of drug-likeness (QED) is 0.781. The van der Waals surface area contributed by atoms with Crippen molar-refractivity contribution in [3.63, 3.8) is 0 Å². The third-order valence-electron chi connectivity index (χ3n) is 4.26. The highest BCUT2D eigenvalue weighted by molar-refractivity contribution is 6.00. The molecule has 0 unspecified atom stereocenters. The fourth-order valence-electron chi connectivity index (χ4n) is 3.02. The number of fused-ring (bicyclic) bond motifs is 1. The Morgan fingerprint density at radius 2 is 1.95 bits per heavy atom. The average Bonchev–Trinajstić information content (AvgIpc) is 3.05. The van der Waals surface area contributed by atoms with Gasteiger partial charge in [0.2, 0.25) is 0 Å². The summed E-state index contributed by atoms with van der Waals surface area (Å²) in [6.07, 6.45) is 3.96. The van der Waals surface area contributed by atoms with Crippen LogP contribution in [0.1, 0.15) is 42.1 Å². The van der Waals surface area contributed by atoms with E-state index in [2.05, 4.69) is 11.8 Å². The molecule has 0 spiro atoms. The van der Waals surface area contributed by atoms with Gasteiger partial charge in [0.15, 0.2) is 17.3 Å². The minimum atomic E-state index is 0.166. The summed E-state index contributed by atoms with van der Waals surface area (Å²) < 4.78 is 11.3. The van der Waals surface area contributed by atoms with Gasteiger partial charge < -0.3 is 14.4 Å². The van der Waals surface area contributed by atoms with Gasteiger partial charge in [0.05, 0.1) is 5.56 Å². The van der Waals surface area contributed by atoms with Gasteiger partial charge >= 0.3 is 0 Å². The number of ether oxygens (including phenoxy) is 2. The first kappa shape index (κ1) is 14.4. The molecular weight excluding hydrogens is 266 g/mol. The maximum absolute atomic E-state index is 12.6. The molecule has 1 aromatic carbocycles. The predicted molar refractivity (Wildman–Crippen MR) is 81.4 cm³/mol. The van der Waals surface area contributed by atoms with Crippen molar-refractivity contribution in [2.24, 2.45) is 0 Å². The molecule has 4 heteroatoms. The van der Waals surface area contributed by atoms with Gasteiger partial charge in [-0.15, -0.1) is 0 Å². The molecule has 2 heterocycles. The highest BCUT2D eigenvalue weighted by Crippen LogP contribution is 2.36. The van der Waals surface area contributed by atoms with E-state index in [1.807, 2.05) is 12.1 Å². The van der Waals surface area contributed by atoms with Crippen LogP contribution in [-0.2, 0) is 6.42 Å². The standard InChI is InChI=1S/C17H23NO3/c1-2-13-11-14(17-16(12-13)20-9-10-21-17)15(19)5-8-18-6-3-4-7-18/h11-12H,2-10H2,1H3. The number of carbonyl (C=O) groups excluding carboxylic acids is 1. The summed E-state index contributed by atoms with van der Waals surface area (Å²) in [7, 11) is 0. The molecule has 3 rings (SSSR count). The van der Waals surface area contributed by atoms with Crippen molar-refractivity contribution in [2.75, 3.05) is 32.8 Å².